The minimum atomic E-state index is -4.37. The maximum atomic E-state index is 12.4. The van der Waals surface area contributed by atoms with Gasteiger partial charge in [0, 0.05) is 12.6 Å². The van der Waals surface area contributed by atoms with Gasteiger partial charge >= 0.3 is 6.18 Å². The number of amides is 1. The van der Waals surface area contributed by atoms with E-state index in [0.717, 1.165) is 31.6 Å². The van der Waals surface area contributed by atoms with E-state index in [2.05, 4.69) is 10.6 Å². The number of hydrogen-bond donors (Lipinski definition) is 2. The van der Waals surface area contributed by atoms with Gasteiger partial charge in [-0.2, -0.15) is 13.2 Å². The van der Waals surface area contributed by atoms with Crippen molar-refractivity contribution in [3.8, 4) is 5.75 Å². The molecule has 1 fully saturated rings. The van der Waals surface area contributed by atoms with Crippen LogP contribution >= 0.6 is 12.4 Å². The first-order valence-corrected chi connectivity index (χ1v) is 6.25. The minimum Gasteiger partial charge on any atom is -0.484 e. The van der Waals surface area contributed by atoms with Gasteiger partial charge in [-0.25, -0.2) is 0 Å². The van der Waals surface area contributed by atoms with Crippen LogP contribution in [0.3, 0.4) is 0 Å². The molecular formula is C13H16ClF3N2O2. The SMILES string of the molecule is Cl.O=C(COc1ccc(C(F)(F)F)cc1)NC1CCNC1. The Morgan fingerprint density at radius 1 is 1.33 bits per heavy atom. The highest BCUT2D eigenvalue weighted by atomic mass is 35.5. The normalized spacial score (nSPS) is 18.0. The first-order valence-electron chi connectivity index (χ1n) is 6.25. The number of ether oxygens (including phenoxy) is 1. The van der Waals surface area contributed by atoms with Crippen molar-refractivity contribution < 1.29 is 22.7 Å². The second-order valence-electron chi connectivity index (χ2n) is 4.57. The third-order valence-electron chi connectivity index (χ3n) is 2.98. The third kappa shape index (κ3) is 5.43. The summed E-state index contributed by atoms with van der Waals surface area (Å²) in [6, 6.07) is 4.35. The van der Waals surface area contributed by atoms with Crippen LogP contribution in [0.15, 0.2) is 24.3 Å². The Kier molecular flexibility index (Phi) is 6.29. The molecule has 0 bridgehead atoms. The van der Waals surface area contributed by atoms with Crippen LogP contribution in [0, 0.1) is 0 Å². The van der Waals surface area contributed by atoms with Gasteiger partial charge in [0.25, 0.3) is 5.91 Å². The predicted molar refractivity (Wildman–Crippen MR) is 73.6 cm³/mol. The average molecular weight is 325 g/mol. The minimum absolute atomic E-state index is 0. The Labute approximate surface area is 126 Å². The molecule has 2 rings (SSSR count). The van der Waals surface area contributed by atoms with Gasteiger partial charge in [0.05, 0.1) is 5.56 Å². The van der Waals surface area contributed by atoms with Crippen LogP contribution in [0.4, 0.5) is 13.2 Å². The van der Waals surface area contributed by atoms with E-state index in [4.69, 9.17) is 4.74 Å². The monoisotopic (exact) mass is 324 g/mol. The summed E-state index contributed by atoms with van der Waals surface area (Å²) in [4.78, 5) is 11.6. The van der Waals surface area contributed by atoms with Crippen LogP contribution in [-0.4, -0.2) is 31.6 Å². The van der Waals surface area contributed by atoms with Gasteiger partial charge in [-0.1, -0.05) is 0 Å². The Hall–Kier alpha value is -1.47. The van der Waals surface area contributed by atoms with E-state index >= 15 is 0 Å². The van der Waals surface area contributed by atoms with Gasteiger partial charge in [0.15, 0.2) is 6.61 Å². The van der Waals surface area contributed by atoms with Crippen molar-refractivity contribution in [1.82, 2.24) is 10.6 Å². The molecule has 0 aliphatic carbocycles. The highest BCUT2D eigenvalue weighted by Gasteiger charge is 2.30. The number of benzene rings is 1. The molecule has 1 aliphatic rings. The summed E-state index contributed by atoms with van der Waals surface area (Å²) in [6.07, 6.45) is -3.50. The Morgan fingerprint density at radius 2 is 2.00 bits per heavy atom. The summed E-state index contributed by atoms with van der Waals surface area (Å²) < 4.78 is 42.2. The highest BCUT2D eigenvalue weighted by molar-refractivity contribution is 5.85. The molecule has 1 unspecified atom stereocenters. The Balaban J connectivity index is 0.00000220. The molecule has 2 N–H and O–H groups in total. The van der Waals surface area contributed by atoms with E-state index in [0.29, 0.717) is 0 Å². The summed E-state index contributed by atoms with van der Waals surface area (Å²) in [5.41, 5.74) is -0.744. The summed E-state index contributed by atoms with van der Waals surface area (Å²) >= 11 is 0. The largest absolute Gasteiger partial charge is 0.484 e. The lowest BCUT2D eigenvalue weighted by atomic mass is 10.2. The van der Waals surface area contributed by atoms with Gasteiger partial charge in [0.2, 0.25) is 0 Å². The van der Waals surface area contributed by atoms with Gasteiger partial charge in [0.1, 0.15) is 5.75 Å². The quantitative estimate of drug-likeness (QED) is 0.890. The van der Waals surface area contributed by atoms with Crippen molar-refractivity contribution in [3.05, 3.63) is 29.8 Å². The van der Waals surface area contributed by atoms with E-state index in [9.17, 15) is 18.0 Å². The summed E-state index contributed by atoms with van der Waals surface area (Å²) in [5.74, 6) is -0.0451. The van der Waals surface area contributed by atoms with Gasteiger partial charge < -0.3 is 15.4 Å². The molecule has 0 saturated carbocycles. The molecule has 1 aromatic carbocycles. The van der Waals surface area contributed by atoms with Crippen LogP contribution in [0.25, 0.3) is 0 Å². The van der Waals surface area contributed by atoms with Crippen molar-refractivity contribution in [2.75, 3.05) is 19.7 Å². The lowest BCUT2D eigenvalue weighted by Crippen LogP contribution is -2.39. The zero-order valence-corrected chi connectivity index (χ0v) is 11.9. The number of alkyl halides is 3. The molecule has 1 aliphatic heterocycles. The Morgan fingerprint density at radius 3 is 2.52 bits per heavy atom. The summed E-state index contributed by atoms with van der Waals surface area (Å²) in [5, 5.41) is 5.89. The van der Waals surface area contributed by atoms with Gasteiger partial charge in [-0.3, -0.25) is 4.79 Å². The zero-order chi connectivity index (χ0) is 14.6. The first-order chi connectivity index (χ1) is 9.45. The molecule has 1 amide bonds. The Bertz CT molecular complexity index is 459. The second-order valence-corrected chi connectivity index (χ2v) is 4.57. The number of nitrogens with one attached hydrogen (secondary N) is 2. The third-order valence-corrected chi connectivity index (χ3v) is 2.98. The van der Waals surface area contributed by atoms with E-state index in [1.54, 1.807) is 0 Å². The van der Waals surface area contributed by atoms with Crippen LogP contribution in [0.5, 0.6) is 5.75 Å². The summed E-state index contributed by atoms with van der Waals surface area (Å²) in [6.45, 7) is 1.39. The molecule has 1 heterocycles. The molecule has 8 heteroatoms. The van der Waals surface area contributed by atoms with Crippen LogP contribution in [0.2, 0.25) is 0 Å². The average Bonchev–Trinajstić information content (AvgIpc) is 2.88. The van der Waals surface area contributed by atoms with E-state index in [1.165, 1.54) is 12.1 Å². The molecule has 1 atom stereocenters. The fourth-order valence-corrected chi connectivity index (χ4v) is 1.94. The van der Waals surface area contributed by atoms with Crippen LogP contribution in [-0.2, 0) is 11.0 Å². The second kappa shape index (κ2) is 7.51. The fourth-order valence-electron chi connectivity index (χ4n) is 1.94. The van der Waals surface area contributed by atoms with Gasteiger partial charge in [-0.05, 0) is 37.2 Å². The number of carbonyl (C=O) groups is 1. The standard InChI is InChI=1S/C13H15F3N2O2.ClH/c14-13(15,16)9-1-3-11(4-2-9)20-8-12(19)18-10-5-6-17-7-10;/h1-4,10,17H,5-8H2,(H,18,19);1H. The lowest BCUT2D eigenvalue weighted by Gasteiger charge is -2.12. The number of rotatable bonds is 4. The first kappa shape index (κ1) is 17.6. The van der Waals surface area contributed by atoms with E-state index in [1.807, 2.05) is 0 Å². The molecule has 0 spiro atoms. The maximum Gasteiger partial charge on any atom is 0.416 e. The molecule has 21 heavy (non-hydrogen) atoms. The predicted octanol–water partition coefficient (Wildman–Crippen LogP) is 1.98. The van der Waals surface area contributed by atoms with E-state index in [-0.39, 0.29) is 36.7 Å². The molecule has 4 nitrogen and oxygen atoms in total. The number of hydrogen-bond acceptors (Lipinski definition) is 3. The summed E-state index contributed by atoms with van der Waals surface area (Å²) in [7, 11) is 0. The lowest BCUT2D eigenvalue weighted by molar-refractivity contribution is -0.137. The van der Waals surface area contributed by atoms with Crippen LogP contribution in [0.1, 0.15) is 12.0 Å². The molecule has 0 radical (unpaired) electrons. The molecule has 0 aromatic heterocycles. The number of carbonyl (C=O) groups excluding carboxylic acids is 1. The van der Waals surface area contributed by atoms with Crippen LogP contribution < -0.4 is 15.4 Å². The molecule has 118 valence electrons. The topological polar surface area (TPSA) is 50.4 Å². The van der Waals surface area contributed by atoms with Crippen molar-refractivity contribution in [2.24, 2.45) is 0 Å². The maximum absolute atomic E-state index is 12.4. The van der Waals surface area contributed by atoms with Crippen molar-refractivity contribution >= 4 is 18.3 Å². The van der Waals surface area contributed by atoms with Crippen molar-refractivity contribution in [1.29, 1.82) is 0 Å². The molecule has 1 saturated heterocycles. The molecule has 1 aromatic rings. The number of halogens is 4. The zero-order valence-electron chi connectivity index (χ0n) is 11.1. The van der Waals surface area contributed by atoms with Crippen molar-refractivity contribution in [2.45, 2.75) is 18.6 Å². The fraction of sp³-hybridized carbons (Fsp3) is 0.462. The smallest absolute Gasteiger partial charge is 0.416 e. The van der Waals surface area contributed by atoms with Crippen molar-refractivity contribution in [3.63, 3.8) is 0 Å². The van der Waals surface area contributed by atoms with E-state index < -0.39 is 11.7 Å². The van der Waals surface area contributed by atoms with Gasteiger partial charge in [-0.15, -0.1) is 12.4 Å². The molecular weight excluding hydrogens is 309 g/mol. The highest BCUT2D eigenvalue weighted by Crippen LogP contribution is 2.30.